The Morgan fingerprint density at radius 1 is 1.40 bits per heavy atom. The lowest BCUT2D eigenvalue weighted by Gasteiger charge is -2.33. The molecular formula is C17H26N2O. The number of rotatable bonds is 5. The van der Waals surface area contributed by atoms with Crippen LogP contribution < -0.4 is 10.2 Å². The van der Waals surface area contributed by atoms with Crippen LogP contribution in [0, 0.1) is 12.3 Å². The Balaban J connectivity index is 2.28. The van der Waals surface area contributed by atoms with Crippen LogP contribution in [-0.4, -0.2) is 25.5 Å². The van der Waals surface area contributed by atoms with Gasteiger partial charge < -0.3 is 10.2 Å². The van der Waals surface area contributed by atoms with Gasteiger partial charge in [0.2, 0.25) is 5.91 Å². The topological polar surface area (TPSA) is 32.3 Å². The molecule has 0 radical (unpaired) electrons. The summed E-state index contributed by atoms with van der Waals surface area (Å²) >= 11 is 0. The first-order chi connectivity index (χ1) is 9.63. The van der Waals surface area contributed by atoms with Crippen molar-refractivity contribution < 1.29 is 4.79 Å². The summed E-state index contributed by atoms with van der Waals surface area (Å²) in [5, 5.41) is 3.37. The van der Waals surface area contributed by atoms with E-state index in [-0.39, 0.29) is 11.3 Å². The van der Waals surface area contributed by atoms with Gasteiger partial charge in [-0.15, -0.1) is 0 Å². The number of benzene rings is 1. The molecule has 1 aromatic carbocycles. The van der Waals surface area contributed by atoms with Gasteiger partial charge in [-0.05, 0) is 50.9 Å². The SMILES string of the molecule is CCCC1(C(=O)N(CC)c2cccc(C)c2)CCNC1. The summed E-state index contributed by atoms with van der Waals surface area (Å²) in [5.74, 6) is 0.289. The number of amides is 1. The predicted octanol–water partition coefficient (Wildman–Crippen LogP) is 3.13. The molecule has 0 bridgehead atoms. The van der Waals surface area contributed by atoms with E-state index in [0.717, 1.165) is 44.6 Å². The number of hydrogen-bond donors (Lipinski definition) is 1. The fraction of sp³-hybridized carbons (Fsp3) is 0.588. The first-order valence-electron chi connectivity index (χ1n) is 7.72. The standard InChI is InChI=1S/C17H26N2O/c1-4-9-17(10-11-18-13-17)16(20)19(5-2)15-8-6-7-14(3)12-15/h6-8,12,18H,4-5,9-11,13H2,1-3H3. The van der Waals surface area contributed by atoms with Gasteiger partial charge in [0.25, 0.3) is 0 Å². The maximum atomic E-state index is 13.1. The molecule has 1 N–H and O–H groups in total. The molecule has 3 heteroatoms. The molecule has 1 aromatic rings. The normalized spacial score (nSPS) is 21.9. The summed E-state index contributed by atoms with van der Waals surface area (Å²) in [5.41, 5.74) is 2.02. The van der Waals surface area contributed by atoms with Crippen LogP contribution in [0.25, 0.3) is 0 Å². The van der Waals surface area contributed by atoms with Crippen molar-refractivity contribution in [1.29, 1.82) is 0 Å². The van der Waals surface area contributed by atoms with E-state index in [9.17, 15) is 4.79 Å². The highest BCUT2D eigenvalue weighted by Gasteiger charge is 2.42. The van der Waals surface area contributed by atoms with E-state index in [4.69, 9.17) is 0 Å². The van der Waals surface area contributed by atoms with E-state index in [0.29, 0.717) is 0 Å². The first-order valence-corrected chi connectivity index (χ1v) is 7.72. The molecule has 3 nitrogen and oxygen atoms in total. The van der Waals surface area contributed by atoms with Crippen LogP contribution in [0.3, 0.4) is 0 Å². The smallest absolute Gasteiger partial charge is 0.234 e. The third-order valence-electron chi connectivity index (χ3n) is 4.30. The van der Waals surface area contributed by atoms with Gasteiger partial charge in [0.15, 0.2) is 0 Å². The molecule has 1 atom stereocenters. The van der Waals surface area contributed by atoms with E-state index in [1.165, 1.54) is 5.56 Å². The molecule has 0 aromatic heterocycles. The first kappa shape index (κ1) is 15.0. The zero-order chi connectivity index (χ0) is 14.6. The number of hydrogen-bond acceptors (Lipinski definition) is 2. The maximum Gasteiger partial charge on any atom is 0.234 e. The van der Waals surface area contributed by atoms with Crippen molar-refractivity contribution in [2.75, 3.05) is 24.5 Å². The summed E-state index contributed by atoms with van der Waals surface area (Å²) < 4.78 is 0. The average Bonchev–Trinajstić information content (AvgIpc) is 2.90. The van der Waals surface area contributed by atoms with Gasteiger partial charge in [0, 0.05) is 18.8 Å². The van der Waals surface area contributed by atoms with Crippen molar-refractivity contribution in [1.82, 2.24) is 5.32 Å². The third-order valence-corrected chi connectivity index (χ3v) is 4.30. The molecule has 1 fully saturated rings. The summed E-state index contributed by atoms with van der Waals surface area (Å²) in [4.78, 5) is 15.0. The zero-order valence-corrected chi connectivity index (χ0v) is 12.9. The number of anilines is 1. The number of nitrogens with zero attached hydrogens (tertiary/aromatic N) is 1. The molecule has 2 rings (SSSR count). The largest absolute Gasteiger partial charge is 0.316 e. The molecule has 1 amide bonds. The minimum Gasteiger partial charge on any atom is -0.316 e. The lowest BCUT2D eigenvalue weighted by Crippen LogP contribution is -2.45. The fourth-order valence-electron chi connectivity index (χ4n) is 3.25. The highest BCUT2D eigenvalue weighted by atomic mass is 16.2. The molecule has 1 aliphatic heterocycles. The Morgan fingerprint density at radius 3 is 2.75 bits per heavy atom. The number of carbonyl (C=O) groups excluding carboxylic acids is 1. The molecule has 1 unspecified atom stereocenters. The zero-order valence-electron chi connectivity index (χ0n) is 12.9. The summed E-state index contributed by atoms with van der Waals surface area (Å²) in [6.07, 6.45) is 2.99. The highest BCUT2D eigenvalue weighted by Crippen LogP contribution is 2.35. The maximum absolute atomic E-state index is 13.1. The third kappa shape index (κ3) is 2.88. The summed E-state index contributed by atoms with van der Waals surface area (Å²) in [6, 6.07) is 8.24. The van der Waals surface area contributed by atoms with Crippen LogP contribution >= 0.6 is 0 Å². The van der Waals surface area contributed by atoms with Crippen molar-refractivity contribution >= 4 is 11.6 Å². The van der Waals surface area contributed by atoms with Crippen molar-refractivity contribution in [3.63, 3.8) is 0 Å². The van der Waals surface area contributed by atoms with Crippen molar-refractivity contribution in [3.05, 3.63) is 29.8 Å². The Labute approximate surface area is 122 Å². The quantitative estimate of drug-likeness (QED) is 0.894. The fourth-order valence-corrected chi connectivity index (χ4v) is 3.25. The van der Waals surface area contributed by atoms with Crippen LogP contribution in [0.2, 0.25) is 0 Å². The number of carbonyl (C=O) groups is 1. The van der Waals surface area contributed by atoms with Gasteiger partial charge in [0.1, 0.15) is 0 Å². The van der Waals surface area contributed by atoms with E-state index >= 15 is 0 Å². The number of nitrogens with one attached hydrogen (secondary N) is 1. The van der Waals surface area contributed by atoms with E-state index in [2.05, 4.69) is 38.2 Å². The second-order valence-corrected chi connectivity index (χ2v) is 5.85. The minimum absolute atomic E-state index is 0.200. The Bertz CT molecular complexity index is 464. The predicted molar refractivity (Wildman–Crippen MR) is 84.0 cm³/mol. The van der Waals surface area contributed by atoms with Crippen LogP contribution in [0.5, 0.6) is 0 Å². The van der Waals surface area contributed by atoms with Crippen molar-refractivity contribution in [2.24, 2.45) is 5.41 Å². The minimum atomic E-state index is -0.200. The van der Waals surface area contributed by atoms with E-state index in [1.54, 1.807) is 0 Å². The molecule has 0 spiro atoms. The Morgan fingerprint density at radius 2 is 2.20 bits per heavy atom. The van der Waals surface area contributed by atoms with Gasteiger partial charge in [-0.2, -0.15) is 0 Å². The second-order valence-electron chi connectivity index (χ2n) is 5.85. The average molecular weight is 274 g/mol. The van der Waals surface area contributed by atoms with Crippen LogP contribution in [0.15, 0.2) is 24.3 Å². The molecule has 20 heavy (non-hydrogen) atoms. The molecule has 0 saturated carbocycles. The van der Waals surface area contributed by atoms with E-state index < -0.39 is 0 Å². The highest BCUT2D eigenvalue weighted by molar-refractivity contribution is 5.98. The second kappa shape index (κ2) is 6.40. The molecule has 1 heterocycles. The number of aryl methyl sites for hydroxylation is 1. The molecule has 0 aliphatic carbocycles. The van der Waals surface area contributed by atoms with Gasteiger partial charge in [-0.1, -0.05) is 25.5 Å². The lowest BCUT2D eigenvalue weighted by atomic mass is 9.81. The molecule has 1 aliphatic rings. The van der Waals surface area contributed by atoms with Crippen molar-refractivity contribution in [2.45, 2.75) is 40.0 Å². The monoisotopic (exact) mass is 274 g/mol. The molecule has 1 saturated heterocycles. The van der Waals surface area contributed by atoms with Crippen molar-refractivity contribution in [3.8, 4) is 0 Å². The van der Waals surface area contributed by atoms with Gasteiger partial charge in [0.05, 0.1) is 5.41 Å². The lowest BCUT2D eigenvalue weighted by molar-refractivity contribution is -0.127. The Kier molecular flexibility index (Phi) is 4.81. The van der Waals surface area contributed by atoms with Crippen LogP contribution in [0.1, 0.15) is 38.7 Å². The van der Waals surface area contributed by atoms with Gasteiger partial charge in [-0.25, -0.2) is 0 Å². The van der Waals surface area contributed by atoms with Gasteiger partial charge >= 0.3 is 0 Å². The molecule has 110 valence electrons. The molecular weight excluding hydrogens is 248 g/mol. The summed E-state index contributed by atoms with van der Waals surface area (Å²) in [6.45, 7) is 8.80. The van der Waals surface area contributed by atoms with Gasteiger partial charge in [-0.3, -0.25) is 4.79 Å². The van der Waals surface area contributed by atoms with Crippen LogP contribution in [-0.2, 0) is 4.79 Å². The Hall–Kier alpha value is -1.35. The summed E-state index contributed by atoms with van der Waals surface area (Å²) in [7, 11) is 0. The van der Waals surface area contributed by atoms with Crippen LogP contribution in [0.4, 0.5) is 5.69 Å². The van der Waals surface area contributed by atoms with E-state index in [1.807, 2.05) is 17.0 Å².